The summed E-state index contributed by atoms with van der Waals surface area (Å²) in [5, 5.41) is 5.75. The second-order valence-electron chi connectivity index (χ2n) is 6.74. The summed E-state index contributed by atoms with van der Waals surface area (Å²) < 4.78 is 56.1. The molecule has 4 rings (SSSR count). The smallest absolute Gasteiger partial charge is 0.405 e. The van der Waals surface area contributed by atoms with Gasteiger partial charge < -0.3 is 15.1 Å². The van der Waals surface area contributed by atoms with E-state index in [9.17, 15) is 22.0 Å². The van der Waals surface area contributed by atoms with E-state index in [1.165, 1.54) is 18.3 Å². The third-order valence-electron chi connectivity index (χ3n) is 4.30. The van der Waals surface area contributed by atoms with Crippen molar-refractivity contribution in [2.24, 2.45) is 0 Å². The van der Waals surface area contributed by atoms with Crippen LogP contribution in [0.3, 0.4) is 0 Å². The molecule has 0 fully saturated rings. The third-order valence-corrected chi connectivity index (χ3v) is 5.41. The summed E-state index contributed by atoms with van der Waals surface area (Å²) in [6.45, 7) is 1.72. The minimum Gasteiger partial charge on any atom is -0.405 e. The van der Waals surface area contributed by atoms with Crippen LogP contribution in [0.25, 0.3) is 11.1 Å². The zero-order valence-corrected chi connectivity index (χ0v) is 17.0. The first kappa shape index (κ1) is 20.5. The molecule has 0 atom stereocenters. The van der Waals surface area contributed by atoms with E-state index in [4.69, 9.17) is 4.42 Å². The number of benzene rings is 2. The molecule has 0 bridgehead atoms. The highest BCUT2D eigenvalue weighted by Gasteiger charge is 2.15. The number of H-pyrrole nitrogens is 1. The maximum Gasteiger partial charge on any atom is 0.417 e. The first-order valence-corrected chi connectivity index (χ1v) is 10.7. The highest BCUT2D eigenvalue weighted by atomic mass is 32.2. The first-order chi connectivity index (χ1) is 14.6. The third kappa shape index (κ3) is 4.23. The van der Waals surface area contributed by atoms with Crippen molar-refractivity contribution in [1.29, 1.82) is 0 Å². The van der Waals surface area contributed by atoms with Crippen molar-refractivity contribution in [3.8, 4) is 0 Å². The fraction of sp³-hybridized carbons (Fsp3) is 0.105. The number of aryl methyl sites for hydroxylation is 1. The van der Waals surface area contributed by atoms with Crippen LogP contribution >= 0.6 is 0 Å². The molecule has 0 aliphatic carbocycles. The van der Waals surface area contributed by atoms with E-state index in [2.05, 4.69) is 25.6 Å². The summed E-state index contributed by atoms with van der Waals surface area (Å²) in [4.78, 5) is 21.6. The van der Waals surface area contributed by atoms with Gasteiger partial charge in [-0.3, -0.25) is 4.98 Å². The fourth-order valence-corrected chi connectivity index (χ4v) is 3.61. The Morgan fingerprint density at radius 2 is 1.84 bits per heavy atom. The number of hydrogen-bond acceptors (Lipinski definition) is 8. The van der Waals surface area contributed by atoms with Gasteiger partial charge in [0.25, 0.3) is 0 Å². The van der Waals surface area contributed by atoms with E-state index in [-0.39, 0.29) is 22.7 Å². The number of rotatable bonds is 5. The van der Waals surface area contributed by atoms with Crippen molar-refractivity contribution >= 4 is 44.1 Å². The van der Waals surface area contributed by atoms with E-state index in [1.54, 1.807) is 6.92 Å². The van der Waals surface area contributed by atoms with Gasteiger partial charge in [-0.25, -0.2) is 27.0 Å². The van der Waals surface area contributed by atoms with Crippen molar-refractivity contribution in [1.82, 2.24) is 15.0 Å². The lowest BCUT2D eigenvalue weighted by atomic mass is 10.2. The van der Waals surface area contributed by atoms with Crippen LogP contribution in [0.15, 0.2) is 50.6 Å². The lowest BCUT2D eigenvalue weighted by molar-refractivity contribution is 0.523. The van der Waals surface area contributed by atoms with Gasteiger partial charge in [0.05, 0.1) is 5.52 Å². The normalized spacial score (nSPS) is 11.6. The molecule has 2 heterocycles. The number of anilines is 4. The average Bonchev–Trinajstić information content (AvgIpc) is 3.06. The molecule has 0 radical (unpaired) electrons. The molecule has 0 saturated carbocycles. The van der Waals surface area contributed by atoms with Gasteiger partial charge in [0.2, 0.25) is 5.95 Å². The summed E-state index contributed by atoms with van der Waals surface area (Å²) in [5.74, 6) is -1.95. The molecule has 0 amide bonds. The van der Waals surface area contributed by atoms with E-state index in [1.807, 2.05) is 0 Å². The topological polar surface area (TPSA) is 130 Å². The molecule has 9 nitrogen and oxygen atoms in total. The van der Waals surface area contributed by atoms with E-state index in [0.29, 0.717) is 17.1 Å². The lowest BCUT2D eigenvalue weighted by Crippen LogP contribution is -2.05. The van der Waals surface area contributed by atoms with Crippen molar-refractivity contribution in [2.45, 2.75) is 11.8 Å². The van der Waals surface area contributed by atoms with Crippen LogP contribution in [0.4, 0.5) is 31.9 Å². The summed E-state index contributed by atoms with van der Waals surface area (Å²) in [6.07, 6.45) is 2.40. The Labute approximate surface area is 174 Å². The fourth-order valence-electron chi connectivity index (χ4n) is 2.85. The van der Waals surface area contributed by atoms with Gasteiger partial charge >= 0.3 is 5.76 Å². The molecule has 4 aromatic rings. The first-order valence-electron chi connectivity index (χ1n) is 8.80. The van der Waals surface area contributed by atoms with Gasteiger partial charge in [0, 0.05) is 35.5 Å². The van der Waals surface area contributed by atoms with Gasteiger partial charge in [-0.1, -0.05) is 0 Å². The number of oxazole rings is 1. The van der Waals surface area contributed by atoms with Crippen molar-refractivity contribution in [2.75, 3.05) is 16.9 Å². The standard InChI is InChI=1S/C19H15F2N5O4S/c1-9-8-22-18(24-10-3-4-12(20)15(7-10)31(2,28)29)26-17(9)23-11-5-13(21)16-14(6-11)25-19(27)30-16/h3-8H,1-2H3,(H,25,27)(H2,22,23,24,26). The molecule has 12 heteroatoms. The van der Waals surface area contributed by atoms with Crippen LogP contribution in [0.2, 0.25) is 0 Å². The average molecular weight is 447 g/mol. The second kappa shape index (κ2) is 7.47. The SMILES string of the molecule is Cc1cnc(Nc2ccc(F)c(S(C)(=O)=O)c2)nc1Nc1cc(F)c2oc(=O)[nH]c2c1. The highest BCUT2D eigenvalue weighted by Crippen LogP contribution is 2.26. The Morgan fingerprint density at radius 3 is 2.58 bits per heavy atom. The van der Waals surface area contributed by atoms with E-state index in [0.717, 1.165) is 24.5 Å². The maximum absolute atomic E-state index is 14.2. The highest BCUT2D eigenvalue weighted by molar-refractivity contribution is 7.90. The van der Waals surface area contributed by atoms with Crippen LogP contribution in [0, 0.1) is 18.6 Å². The van der Waals surface area contributed by atoms with E-state index < -0.39 is 32.1 Å². The molecule has 3 N–H and O–H groups in total. The van der Waals surface area contributed by atoms with Gasteiger partial charge in [-0.15, -0.1) is 0 Å². The van der Waals surface area contributed by atoms with Gasteiger partial charge in [0.15, 0.2) is 21.2 Å². The summed E-state index contributed by atoms with van der Waals surface area (Å²) in [6, 6.07) is 6.14. The number of halogens is 2. The number of aromatic amines is 1. The summed E-state index contributed by atoms with van der Waals surface area (Å²) in [7, 11) is -3.76. The molecule has 0 saturated heterocycles. The maximum atomic E-state index is 14.2. The molecule has 2 aromatic heterocycles. The van der Waals surface area contributed by atoms with Crippen molar-refractivity contribution < 1.29 is 21.6 Å². The zero-order chi connectivity index (χ0) is 22.3. The Morgan fingerprint density at radius 1 is 1.06 bits per heavy atom. The summed E-state index contributed by atoms with van der Waals surface area (Å²) >= 11 is 0. The largest absolute Gasteiger partial charge is 0.417 e. The number of nitrogens with one attached hydrogen (secondary N) is 3. The van der Waals surface area contributed by atoms with E-state index >= 15 is 0 Å². The van der Waals surface area contributed by atoms with Crippen LogP contribution in [0.5, 0.6) is 0 Å². The Balaban J connectivity index is 1.65. The Kier molecular flexibility index (Phi) is 4.93. The Bertz CT molecular complexity index is 1480. The molecule has 31 heavy (non-hydrogen) atoms. The number of sulfone groups is 1. The quantitative estimate of drug-likeness (QED) is 0.424. The minimum absolute atomic E-state index is 0.0948. The lowest BCUT2D eigenvalue weighted by Gasteiger charge is -2.12. The molecule has 2 aromatic carbocycles. The number of fused-ring (bicyclic) bond motifs is 1. The number of aromatic nitrogens is 3. The molecule has 0 aliphatic heterocycles. The monoisotopic (exact) mass is 447 g/mol. The van der Waals surface area contributed by atoms with Gasteiger partial charge in [0.1, 0.15) is 16.5 Å². The predicted octanol–water partition coefficient (Wildman–Crippen LogP) is 3.39. The predicted molar refractivity (Wildman–Crippen MR) is 110 cm³/mol. The van der Waals surface area contributed by atoms with Crippen LogP contribution in [-0.2, 0) is 9.84 Å². The molecular weight excluding hydrogens is 432 g/mol. The number of hydrogen-bond donors (Lipinski definition) is 3. The minimum atomic E-state index is -3.76. The second-order valence-corrected chi connectivity index (χ2v) is 8.73. The van der Waals surface area contributed by atoms with Crippen LogP contribution in [0.1, 0.15) is 5.56 Å². The van der Waals surface area contributed by atoms with Crippen molar-refractivity contribution in [3.63, 3.8) is 0 Å². The van der Waals surface area contributed by atoms with Crippen molar-refractivity contribution in [3.05, 3.63) is 64.3 Å². The molecular formula is C19H15F2N5O4S. The Hall–Kier alpha value is -3.80. The van der Waals surface area contributed by atoms with Crippen LogP contribution in [-0.4, -0.2) is 29.6 Å². The van der Waals surface area contributed by atoms with Gasteiger partial charge in [-0.05, 0) is 31.2 Å². The summed E-state index contributed by atoms with van der Waals surface area (Å²) in [5.41, 5.74) is 1.19. The molecule has 0 aliphatic rings. The van der Waals surface area contributed by atoms with Gasteiger partial charge in [-0.2, -0.15) is 4.98 Å². The molecule has 0 spiro atoms. The molecule has 0 unspecified atom stereocenters. The van der Waals surface area contributed by atoms with Crippen LogP contribution < -0.4 is 16.4 Å². The zero-order valence-electron chi connectivity index (χ0n) is 16.2. The molecule has 160 valence electrons. The number of nitrogens with zero attached hydrogens (tertiary/aromatic N) is 2.